The van der Waals surface area contributed by atoms with E-state index in [-0.39, 0.29) is 17.1 Å². The van der Waals surface area contributed by atoms with Gasteiger partial charge in [-0.15, -0.1) is 10.2 Å². The number of aromatic nitrogens is 3. The third kappa shape index (κ3) is 3.64. The van der Waals surface area contributed by atoms with Crippen molar-refractivity contribution in [1.82, 2.24) is 14.8 Å². The molecule has 6 heteroatoms. The first-order chi connectivity index (χ1) is 10.0. The SMILES string of the molecule is COc1ccc(C(=O)C(C)Sc2nncn2C(C)C)cc1. The van der Waals surface area contributed by atoms with E-state index in [2.05, 4.69) is 24.0 Å². The Kier molecular flexibility index (Phi) is 5.01. The van der Waals surface area contributed by atoms with Gasteiger partial charge in [0.1, 0.15) is 12.1 Å². The quantitative estimate of drug-likeness (QED) is 0.606. The number of rotatable bonds is 6. The maximum absolute atomic E-state index is 12.4. The number of ether oxygens (including phenoxy) is 1. The number of Topliss-reactive ketones (excluding diaryl/α,β-unsaturated/α-hetero) is 1. The van der Waals surface area contributed by atoms with Crippen molar-refractivity contribution in [2.45, 2.75) is 37.2 Å². The molecule has 0 aliphatic heterocycles. The number of benzene rings is 1. The summed E-state index contributed by atoms with van der Waals surface area (Å²) in [5.41, 5.74) is 0.673. The van der Waals surface area contributed by atoms with E-state index in [9.17, 15) is 4.79 Å². The summed E-state index contributed by atoms with van der Waals surface area (Å²) >= 11 is 1.43. The van der Waals surface area contributed by atoms with Crippen LogP contribution in [-0.4, -0.2) is 32.9 Å². The number of ketones is 1. The summed E-state index contributed by atoms with van der Waals surface area (Å²) in [6.07, 6.45) is 1.69. The molecule has 1 unspecified atom stereocenters. The van der Waals surface area contributed by atoms with Gasteiger partial charge in [0, 0.05) is 11.6 Å². The molecule has 21 heavy (non-hydrogen) atoms. The minimum atomic E-state index is -0.222. The third-order valence-corrected chi connectivity index (χ3v) is 4.19. The highest BCUT2D eigenvalue weighted by molar-refractivity contribution is 8.00. The molecule has 5 nitrogen and oxygen atoms in total. The van der Waals surface area contributed by atoms with E-state index in [0.29, 0.717) is 5.56 Å². The van der Waals surface area contributed by atoms with Gasteiger partial charge in [-0.3, -0.25) is 4.79 Å². The van der Waals surface area contributed by atoms with E-state index in [1.165, 1.54) is 11.8 Å². The van der Waals surface area contributed by atoms with E-state index >= 15 is 0 Å². The number of carbonyl (C=O) groups excluding carboxylic acids is 1. The maximum atomic E-state index is 12.4. The number of hydrogen-bond donors (Lipinski definition) is 0. The molecule has 2 rings (SSSR count). The first kappa shape index (κ1) is 15.6. The molecule has 0 saturated heterocycles. The molecule has 0 N–H and O–H groups in total. The predicted octanol–water partition coefficient (Wildman–Crippen LogP) is 3.23. The minimum Gasteiger partial charge on any atom is -0.497 e. The van der Waals surface area contributed by atoms with Crippen molar-refractivity contribution in [1.29, 1.82) is 0 Å². The minimum absolute atomic E-state index is 0.0703. The molecule has 2 aromatic rings. The molecule has 0 radical (unpaired) electrons. The van der Waals surface area contributed by atoms with Crippen molar-refractivity contribution in [2.24, 2.45) is 0 Å². The fourth-order valence-corrected chi connectivity index (χ4v) is 2.91. The van der Waals surface area contributed by atoms with Crippen LogP contribution in [0.5, 0.6) is 5.75 Å². The molecule has 0 bridgehead atoms. The van der Waals surface area contributed by atoms with Gasteiger partial charge < -0.3 is 9.30 Å². The Bertz CT molecular complexity index is 608. The Labute approximate surface area is 128 Å². The zero-order chi connectivity index (χ0) is 15.4. The second-order valence-electron chi connectivity index (χ2n) is 4.97. The Hall–Kier alpha value is -1.82. The van der Waals surface area contributed by atoms with Crippen LogP contribution in [0.4, 0.5) is 0 Å². The second-order valence-corrected chi connectivity index (χ2v) is 6.28. The summed E-state index contributed by atoms with van der Waals surface area (Å²) in [7, 11) is 1.61. The number of thioether (sulfide) groups is 1. The Morgan fingerprint density at radius 3 is 2.48 bits per heavy atom. The van der Waals surface area contributed by atoms with Gasteiger partial charge in [0.05, 0.1) is 12.4 Å². The van der Waals surface area contributed by atoms with Crippen molar-refractivity contribution >= 4 is 17.5 Å². The standard InChI is InChI=1S/C15H19N3O2S/c1-10(2)18-9-16-17-15(18)21-11(3)14(19)12-5-7-13(20-4)8-6-12/h5-11H,1-4H3. The maximum Gasteiger partial charge on any atom is 0.191 e. The molecule has 0 amide bonds. The van der Waals surface area contributed by atoms with Crippen LogP contribution in [0.1, 0.15) is 37.2 Å². The lowest BCUT2D eigenvalue weighted by Crippen LogP contribution is -2.15. The van der Waals surface area contributed by atoms with E-state index < -0.39 is 0 Å². The Balaban J connectivity index is 2.10. The van der Waals surface area contributed by atoms with Gasteiger partial charge in [-0.05, 0) is 45.0 Å². The summed E-state index contributed by atoms with van der Waals surface area (Å²) in [6.45, 7) is 6.00. The lowest BCUT2D eigenvalue weighted by Gasteiger charge is -2.13. The largest absolute Gasteiger partial charge is 0.497 e. The number of methoxy groups -OCH3 is 1. The van der Waals surface area contributed by atoms with E-state index in [4.69, 9.17) is 4.74 Å². The molecule has 112 valence electrons. The molecular formula is C15H19N3O2S. The smallest absolute Gasteiger partial charge is 0.191 e. The molecule has 0 aliphatic carbocycles. The van der Waals surface area contributed by atoms with Gasteiger partial charge in [-0.25, -0.2) is 0 Å². The lowest BCUT2D eigenvalue weighted by atomic mass is 10.1. The Morgan fingerprint density at radius 2 is 1.90 bits per heavy atom. The van der Waals surface area contributed by atoms with E-state index in [1.54, 1.807) is 37.7 Å². The molecular weight excluding hydrogens is 286 g/mol. The lowest BCUT2D eigenvalue weighted by molar-refractivity contribution is 0.0994. The number of hydrogen-bond acceptors (Lipinski definition) is 5. The summed E-state index contributed by atoms with van der Waals surface area (Å²) < 4.78 is 7.06. The van der Waals surface area contributed by atoms with Crippen LogP contribution in [0.3, 0.4) is 0 Å². The zero-order valence-corrected chi connectivity index (χ0v) is 13.4. The van der Waals surface area contributed by atoms with Crippen molar-refractivity contribution in [3.8, 4) is 5.75 Å². The molecule has 1 aromatic carbocycles. The summed E-state index contributed by atoms with van der Waals surface area (Å²) in [5, 5.41) is 8.54. The fourth-order valence-electron chi connectivity index (χ4n) is 1.87. The van der Waals surface area contributed by atoms with Gasteiger partial charge >= 0.3 is 0 Å². The zero-order valence-electron chi connectivity index (χ0n) is 12.6. The summed E-state index contributed by atoms with van der Waals surface area (Å²) in [6, 6.07) is 7.42. The predicted molar refractivity (Wildman–Crippen MR) is 83.1 cm³/mol. The van der Waals surface area contributed by atoms with Gasteiger partial charge in [0.25, 0.3) is 0 Å². The van der Waals surface area contributed by atoms with Crippen molar-refractivity contribution in [3.63, 3.8) is 0 Å². The van der Waals surface area contributed by atoms with E-state index in [0.717, 1.165) is 10.9 Å². The molecule has 0 aliphatic rings. The summed E-state index contributed by atoms with van der Waals surface area (Å²) in [4.78, 5) is 12.4. The number of carbonyl (C=O) groups is 1. The highest BCUT2D eigenvalue weighted by atomic mass is 32.2. The van der Waals surface area contributed by atoms with Crippen LogP contribution in [0.25, 0.3) is 0 Å². The number of nitrogens with zero attached hydrogens (tertiary/aromatic N) is 3. The first-order valence-electron chi connectivity index (χ1n) is 6.77. The highest BCUT2D eigenvalue weighted by Gasteiger charge is 2.20. The van der Waals surface area contributed by atoms with Crippen LogP contribution in [0.15, 0.2) is 35.7 Å². The average Bonchev–Trinajstić information content (AvgIpc) is 2.95. The van der Waals surface area contributed by atoms with Crippen molar-refractivity contribution in [3.05, 3.63) is 36.2 Å². The molecule has 1 heterocycles. The average molecular weight is 305 g/mol. The molecule has 0 saturated carbocycles. The fraction of sp³-hybridized carbons (Fsp3) is 0.400. The normalized spacial score (nSPS) is 12.4. The van der Waals surface area contributed by atoms with Crippen molar-refractivity contribution in [2.75, 3.05) is 7.11 Å². The summed E-state index contributed by atoms with van der Waals surface area (Å²) in [5.74, 6) is 0.812. The van der Waals surface area contributed by atoms with Crippen LogP contribution in [-0.2, 0) is 0 Å². The van der Waals surface area contributed by atoms with Crippen LogP contribution in [0, 0.1) is 0 Å². The second kappa shape index (κ2) is 6.76. The van der Waals surface area contributed by atoms with Gasteiger partial charge in [-0.1, -0.05) is 11.8 Å². The first-order valence-corrected chi connectivity index (χ1v) is 7.65. The molecule has 0 spiro atoms. The van der Waals surface area contributed by atoms with Crippen LogP contribution >= 0.6 is 11.8 Å². The van der Waals surface area contributed by atoms with Gasteiger partial charge in [-0.2, -0.15) is 0 Å². The van der Waals surface area contributed by atoms with Gasteiger partial charge in [0.15, 0.2) is 10.9 Å². The highest BCUT2D eigenvalue weighted by Crippen LogP contribution is 2.26. The Morgan fingerprint density at radius 1 is 1.24 bits per heavy atom. The topological polar surface area (TPSA) is 57.0 Å². The van der Waals surface area contributed by atoms with E-state index in [1.807, 2.05) is 11.5 Å². The van der Waals surface area contributed by atoms with Crippen LogP contribution in [0.2, 0.25) is 0 Å². The molecule has 0 fully saturated rings. The molecule has 1 atom stereocenters. The van der Waals surface area contributed by atoms with Gasteiger partial charge in [0.2, 0.25) is 0 Å². The van der Waals surface area contributed by atoms with Crippen molar-refractivity contribution < 1.29 is 9.53 Å². The molecule has 1 aromatic heterocycles. The third-order valence-electron chi connectivity index (χ3n) is 3.12. The monoisotopic (exact) mass is 305 g/mol. The van der Waals surface area contributed by atoms with Crippen LogP contribution < -0.4 is 4.74 Å².